The Morgan fingerprint density at radius 1 is 0.833 bits per heavy atom. The Labute approximate surface area is 184 Å². The van der Waals surface area contributed by atoms with Crippen molar-refractivity contribution in [2.24, 2.45) is 23.2 Å². The summed E-state index contributed by atoms with van der Waals surface area (Å²) < 4.78 is 18.1. The summed E-state index contributed by atoms with van der Waals surface area (Å²) in [7, 11) is 0. The zero-order valence-corrected chi connectivity index (χ0v) is 19.8. The Morgan fingerprint density at radius 2 is 1.43 bits per heavy atom. The van der Waals surface area contributed by atoms with Crippen molar-refractivity contribution in [1.29, 1.82) is 0 Å². The first-order valence-electron chi connectivity index (χ1n) is 13.0. The number of unbranched alkanes of at least 4 members (excludes halogenated alkanes) is 2. The Morgan fingerprint density at radius 3 is 2.03 bits per heavy atom. The quantitative estimate of drug-likeness (QED) is 0.308. The summed E-state index contributed by atoms with van der Waals surface area (Å²) in [5.41, 5.74) is -0.659. The average Bonchev–Trinajstić information content (AvgIpc) is 2.76. The Hall–Kier alpha value is -0.610. The summed E-state index contributed by atoms with van der Waals surface area (Å²) in [6.07, 6.45) is 17.3. The van der Waals surface area contributed by atoms with E-state index < -0.39 is 5.41 Å². The molecule has 0 aromatic heterocycles. The molecule has 0 aromatic rings. The van der Waals surface area contributed by atoms with Crippen molar-refractivity contribution in [2.45, 2.75) is 123 Å². The molecule has 0 spiro atoms. The second-order valence-electron chi connectivity index (χ2n) is 10.7. The molecule has 4 nitrogen and oxygen atoms in total. The monoisotopic (exact) mass is 422 g/mol. The third kappa shape index (κ3) is 6.69. The molecule has 30 heavy (non-hydrogen) atoms. The zero-order chi connectivity index (χ0) is 21.4. The van der Waals surface area contributed by atoms with Crippen molar-refractivity contribution in [1.82, 2.24) is 0 Å². The molecule has 1 aliphatic heterocycles. The number of carbonyl (C=O) groups excluding carboxylic acids is 1. The first-order chi connectivity index (χ1) is 14.5. The molecule has 0 amide bonds. The summed E-state index contributed by atoms with van der Waals surface area (Å²) in [4.78, 5) is 12.9. The van der Waals surface area contributed by atoms with Gasteiger partial charge in [-0.3, -0.25) is 4.79 Å². The third-order valence-corrected chi connectivity index (χ3v) is 7.88. The SMILES string of the molecule is CCCCCC1CCC(OC(=O)C2(C)COC(C3CCC(CCC)CC3)OC2)CC1. The molecule has 3 aliphatic rings. The van der Waals surface area contributed by atoms with E-state index in [4.69, 9.17) is 14.2 Å². The summed E-state index contributed by atoms with van der Waals surface area (Å²) in [5, 5.41) is 0. The van der Waals surface area contributed by atoms with Crippen LogP contribution in [0.25, 0.3) is 0 Å². The summed E-state index contributed by atoms with van der Waals surface area (Å²) in [6.45, 7) is 7.34. The fourth-order valence-corrected chi connectivity index (χ4v) is 5.68. The minimum atomic E-state index is -0.659. The van der Waals surface area contributed by atoms with Crippen molar-refractivity contribution < 1.29 is 19.0 Å². The lowest BCUT2D eigenvalue weighted by Gasteiger charge is -2.41. The van der Waals surface area contributed by atoms with Gasteiger partial charge in [-0.1, -0.05) is 52.4 Å². The maximum absolute atomic E-state index is 12.9. The van der Waals surface area contributed by atoms with Gasteiger partial charge in [-0.15, -0.1) is 0 Å². The average molecular weight is 423 g/mol. The molecule has 1 heterocycles. The van der Waals surface area contributed by atoms with Crippen molar-refractivity contribution in [3.8, 4) is 0 Å². The predicted octanol–water partition coefficient (Wildman–Crippen LogP) is 6.65. The van der Waals surface area contributed by atoms with Gasteiger partial charge in [0.25, 0.3) is 0 Å². The summed E-state index contributed by atoms with van der Waals surface area (Å²) in [6, 6.07) is 0. The highest BCUT2D eigenvalue weighted by molar-refractivity contribution is 5.77. The van der Waals surface area contributed by atoms with Crippen LogP contribution in [0, 0.1) is 23.2 Å². The highest BCUT2D eigenvalue weighted by Gasteiger charge is 2.44. The van der Waals surface area contributed by atoms with Crippen LogP contribution in [0.4, 0.5) is 0 Å². The van der Waals surface area contributed by atoms with Crippen LogP contribution in [0.3, 0.4) is 0 Å². The molecule has 4 heteroatoms. The number of ether oxygens (including phenoxy) is 3. The van der Waals surface area contributed by atoms with Crippen molar-refractivity contribution in [3.63, 3.8) is 0 Å². The second-order valence-corrected chi connectivity index (χ2v) is 10.7. The topological polar surface area (TPSA) is 44.8 Å². The van der Waals surface area contributed by atoms with E-state index in [0.717, 1.165) is 24.7 Å². The van der Waals surface area contributed by atoms with Crippen LogP contribution in [-0.4, -0.2) is 31.6 Å². The van der Waals surface area contributed by atoms with Gasteiger partial charge in [0.15, 0.2) is 6.29 Å². The largest absolute Gasteiger partial charge is 0.462 e. The van der Waals surface area contributed by atoms with Gasteiger partial charge < -0.3 is 14.2 Å². The molecular weight excluding hydrogens is 376 g/mol. The van der Waals surface area contributed by atoms with Crippen molar-refractivity contribution in [2.75, 3.05) is 13.2 Å². The first kappa shape index (κ1) is 24.0. The van der Waals surface area contributed by atoms with Crippen LogP contribution >= 0.6 is 0 Å². The molecule has 0 bridgehead atoms. The first-order valence-corrected chi connectivity index (χ1v) is 13.0. The van der Waals surface area contributed by atoms with Crippen LogP contribution in [0.5, 0.6) is 0 Å². The number of carbonyl (C=O) groups is 1. The number of rotatable bonds is 9. The summed E-state index contributed by atoms with van der Waals surface area (Å²) >= 11 is 0. The smallest absolute Gasteiger partial charge is 0.316 e. The molecule has 1 saturated heterocycles. The molecule has 0 atom stereocenters. The van der Waals surface area contributed by atoms with Gasteiger partial charge in [0.1, 0.15) is 11.5 Å². The molecular formula is C26H46O4. The van der Waals surface area contributed by atoms with Crippen LogP contribution < -0.4 is 0 Å². The van der Waals surface area contributed by atoms with Gasteiger partial charge in [0, 0.05) is 5.92 Å². The van der Waals surface area contributed by atoms with Gasteiger partial charge in [0.2, 0.25) is 0 Å². The number of hydrogen-bond acceptors (Lipinski definition) is 4. The minimum absolute atomic E-state index is 0.0864. The molecule has 0 radical (unpaired) electrons. The lowest BCUT2D eigenvalue weighted by Crippen LogP contribution is -2.49. The van der Waals surface area contributed by atoms with E-state index in [1.165, 1.54) is 77.0 Å². The lowest BCUT2D eigenvalue weighted by molar-refractivity contribution is -0.254. The maximum atomic E-state index is 12.9. The predicted molar refractivity (Wildman–Crippen MR) is 120 cm³/mol. The highest BCUT2D eigenvalue weighted by Crippen LogP contribution is 2.38. The molecule has 2 aliphatic carbocycles. The van der Waals surface area contributed by atoms with E-state index in [9.17, 15) is 4.79 Å². The van der Waals surface area contributed by atoms with E-state index in [0.29, 0.717) is 19.1 Å². The Balaban J connectivity index is 1.36. The minimum Gasteiger partial charge on any atom is -0.462 e. The van der Waals surface area contributed by atoms with Gasteiger partial charge in [0.05, 0.1) is 13.2 Å². The molecule has 2 saturated carbocycles. The molecule has 3 fully saturated rings. The van der Waals surface area contributed by atoms with E-state index in [2.05, 4.69) is 13.8 Å². The maximum Gasteiger partial charge on any atom is 0.316 e. The Bertz CT molecular complexity index is 495. The van der Waals surface area contributed by atoms with Gasteiger partial charge in [-0.05, 0) is 70.1 Å². The van der Waals surface area contributed by atoms with E-state index in [1.54, 1.807) is 0 Å². The lowest BCUT2D eigenvalue weighted by atomic mass is 9.79. The normalized spacial score (nSPS) is 37.6. The standard InChI is InChI=1S/C26H46O4/c1-4-6-7-9-21-12-16-23(17-13-21)30-25(27)26(3)18-28-24(29-19-26)22-14-10-20(8-5-2)11-15-22/h20-24H,4-19H2,1-3H3. The van der Waals surface area contributed by atoms with Gasteiger partial charge >= 0.3 is 5.97 Å². The van der Waals surface area contributed by atoms with E-state index >= 15 is 0 Å². The van der Waals surface area contributed by atoms with Crippen molar-refractivity contribution in [3.05, 3.63) is 0 Å². The summed E-state index contributed by atoms with van der Waals surface area (Å²) in [5.74, 6) is 2.08. The molecule has 0 aromatic carbocycles. The molecule has 174 valence electrons. The van der Waals surface area contributed by atoms with Gasteiger partial charge in [-0.25, -0.2) is 0 Å². The third-order valence-electron chi connectivity index (χ3n) is 7.88. The fraction of sp³-hybridized carbons (Fsp3) is 0.962. The number of esters is 1. The molecule has 3 rings (SSSR count). The number of hydrogen-bond donors (Lipinski definition) is 0. The van der Waals surface area contributed by atoms with Crippen LogP contribution in [0.1, 0.15) is 111 Å². The van der Waals surface area contributed by atoms with Gasteiger partial charge in [-0.2, -0.15) is 0 Å². The highest BCUT2D eigenvalue weighted by atomic mass is 16.7. The molecule has 0 unspecified atom stereocenters. The Kier molecular flexibility index (Phi) is 9.50. The second kappa shape index (κ2) is 11.9. The zero-order valence-electron chi connectivity index (χ0n) is 19.8. The fourth-order valence-electron chi connectivity index (χ4n) is 5.68. The van der Waals surface area contributed by atoms with Crippen molar-refractivity contribution >= 4 is 5.97 Å². The van der Waals surface area contributed by atoms with Crippen LogP contribution in [0.15, 0.2) is 0 Å². The van der Waals surface area contributed by atoms with Crippen LogP contribution in [0.2, 0.25) is 0 Å². The van der Waals surface area contributed by atoms with Crippen LogP contribution in [-0.2, 0) is 19.0 Å². The van der Waals surface area contributed by atoms with E-state index in [-0.39, 0.29) is 18.4 Å². The van der Waals surface area contributed by atoms with E-state index in [1.807, 2.05) is 6.92 Å². The molecule has 0 N–H and O–H groups in total.